The molecule has 6 heterocycles. The number of nitrogens with zero attached hydrogens (tertiary/aromatic N) is 8. The molecule has 2 fully saturated rings. The molecule has 31 heteroatoms. The maximum absolute atomic E-state index is 14.2. The molecule has 25 nitrogen and oxygen atoms in total. The zero-order valence-electron chi connectivity index (χ0n) is 64.1. The third kappa shape index (κ3) is 35.7. The lowest BCUT2D eigenvalue weighted by Crippen LogP contribution is -2.54. The Labute approximate surface area is 692 Å². The van der Waals surface area contributed by atoms with Gasteiger partial charge < -0.3 is 71.0 Å². The number of hydrogen-bond donors (Lipinski definition) is 6. The van der Waals surface area contributed by atoms with E-state index >= 15 is 0 Å². The van der Waals surface area contributed by atoms with Gasteiger partial charge in [0.05, 0.1) is 93.7 Å². The molecule has 0 saturated carbocycles. The minimum atomic E-state index is -1.27. The number of aliphatic carboxylic acids is 1. The van der Waals surface area contributed by atoms with E-state index in [1.807, 2.05) is 108 Å². The summed E-state index contributed by atoms with van der Waals surface area (Å²) < 4.78 is 21.7. The first-order valence-electron chi connectivity index (χ1n) is 37.5. The molecular weight excluding hydrogens is 1720 g/mol. The maximum Gasteiger partial charge on any atom is 0.407 e. The van der Waals surface area contributed by atoms with Crippen molar-refractivity contribution in [3.05, 3.63) is 209 Å². The predicted molar refractivity (Wildman–Crippen MR) is 454 cm³/mol. The minimum absolute atomic E-state index is 0.0341. The number of ether oxygens (including phenoxy) is 4. The Bertz CT molecular complexity index is 3910. The number of nitrogens with two attached hydrogens (primary N) is 1. The highest BCUT2D eigenvalue weighted by molar-refractivity contribution is 15.0. The van der Waals surface area contributed by atoms with Crippen molar-refractivity contribution in [2.24, 2.45) is 5.73 Å². The molecule has 2 aliphatic heterocycles. The fourth-order valence-electron chi connectivity index (χ4n) is 12.1. The van der Waals surface area contributed by atoms with Crippen molar-refractivity contribution in [2.45, 2.75) is 166 Å². The van der Waals surface area contributed by atoms with Gasteiger partial charge in [-0.05, 0) is 86.5 Å². The van der Waals surface area contributed by atoms with Gasteiger partial charge in [0.1, 0.15) is 19.3 Å². The second-order valence-electron chi connectivity index (χ2n) is 27.8. The smallest absolute Gasteiger partial charge is 0.407 e. The van der Waals surface area contributed by atoms with Crippen molar-refractivity contribution >= 4 is 119 Å². The molecule has 602 valence electrons. The van der Waals surface area contributed by atoms with E-state index < -0.39 is 36.3 Å². The number of urea groups is 2. The molecule has 111 heavy (non-hydrogen) atoms. The van der Waals surface area contributed by atoms with E-state index in [1.165, 1.54) is 38.7 Å². The number of carbonyl (C=O) groups is 6. The van der Waals surface area contributed by atoms with Gasteiger partial charge in [0.2, 0.25) is 5.91 Å². The fraction of sp³-hybridized carbons (Fsp3) is 0.475. The summed E-state index contributed by atoms with van der Waals surface area (Å²) in [6.45, 7) is 16.3. The Morgan fingerprint density at radius 1 is 0.505 bits per heavy atom. The number of thiazole rings is 4. The first-order chi connectivity index (χ1) is 53.8. The van der Waals surface area contributed by atoms with Gasteiger partial charge in [0.25, 0.3) is 0 Å². The largest absolute Gasteiger partial charge is 0.548 e. The summed E-state index contributed by atoms with van der Waals surface area (Å²) in [4.78, 5) is 103. The fourth-order valence-corrected chi connectivity index (χ4v) is 14.8. The van der Waals surface area contributed by atoms with Gasteiger partial charge in [-0.2, -0.15) is 0 Å². The third-order valence-corrected chi connectivity index (χ3v) is 22.1. The Kier molecular flexibility index (Phi) is 42.1. The second-order valence-corrected chi connectivity index (χ2v) is 31.6. The van der Waals surface area contributed by atoms with E-state index in [1.54, 1.807) is 65.1 Å². The van der Waals surface area contributed by atoms with Gasteiger partial charge in [0.15, 0.2) is 0 Å². The summed E-state index contributed by atoms with van der Waals surface area (Å²) in [5.74, 6) is -0.850. The molecule has 0 bridgehead atoms. The van der Waals surface area contributed by atoms with Crippen LogP contribution >= 0.6 is 82.6 Å². The maximum atomic E-state index is 14.2. The number of carbonyl (C=O) groups excluding carboxylic acids is 6. The Morgan fingerprint density at radius 2 is 0.865 bits per heavy atom. The quantitative estimate of drug-likeness (QED) is 0.0197. The summed E-state index contributed by atoms with van der Waals surface area (Å²) >= 11 is 10.3. The molecule has 7 N–H and O–H groups in total. The summed E-state index contributed by atoms with van der Waals surface area (Å²) in [6.07, 6.45) is 8.78. The van der Waals surface area contributed by atoms with Crippen LogP contribution in [0.25, 0.3) is 0 Å². The highest BCUT2D eigenvalue weighted by Crippen LogP contribution is 2.23. The average Bonchev–Trinajstić information content (AvgIpc) is 1.82. The van der Waals surface area contributed by atoms with Crippen LogP contribution in [0, 0.1) is 0 Å². The SMILES string of the molecule is CC(C)c1nc(CN(C)C(=O)N[C@@H](CCN2CCOCC2)C(=O)N[C@H](CC[C@H](Cc2ccccc2)NC(=O)OCc2cncs2)Cc2ccccc2)cs1.CC(C)c1nc(CN(C)C(=O)N[C@@H](CCN2CCOCC2)C(=O)[O-])cs1.II.N[C@H](CC[C@H](Cc1ccccc1)NC(=O)OCc1cncs1)Cc1ccccc1. The molecule has 2 aliphatic rings. The lowest BCUT2D eigenvalue weighted by atomic mass is 9.95. The average molecular weight is 1820 g/mol. The molecule has 0 radical (unpaired) electrons. The predicted octanol–water partition coefficient (Wildman–Crippen LogP) is 12.4. The normalized spacial score (nSPS) is 14.5. The number of amides is 7. The van der Waals surface area contributed by atoms with Crippen molar-refractivity contribution in [3.8, 4) is 0 Å². The summed E-state index contributed by atoms with van der Waals surface area (Å²) in [6, 6.07) is 37.4. The highest BCUT2D eigenvalue weighted by atomic mass is 128. The lowest BCUT2D eigenvalue weighted by Gasteiger charge is -2.30. The van der Waals surface area contributed by atoms with Gasteiger partial charge in [-0.25, -0.2) is 29.1 Å². The van der Waals surface area contributed by atoms with E-state index in [2.05, 4.69) is 146 Å². The molecule has 0 unspecified atom stereocenters. The summed E-state index contributed by atoms with van der Waals surface area (Å²) in [5.41, 5.74) is 16.0. The number of carboxylic acids is 1. The molecule has 6 atom stereocenters. The molecule has 2 saturated heterocycles. The van der Waals surface area contributed by atoms with Crippen LogP contribution in [0.2, 0.25) is 0 Å². The Morgan fingerprint density at radius 3 is 1.23 bits per heavy atom. The number of halogens is 2. The van der Waals surface area contributed by atoms with Gasteiger partial charge in [0, 0.05) is 150 Å². The third-order valence-electron chi connectivity index (χ3n) is 18.2. The van der Waals surface area contributed by atoms with E-state index in [0.29, 0.717) is 103 Å². The molecule has 10 rings (SSSR count). The molecule has 0 spiro atoms. The number of hydrogen-bond acceptors (Lipinski definition) is 22. The van der Waals surface area contributed by atoms with Crippen LogP contribution in [0.5, 0.6) is 0 Å². The molecular formula is C80H107I2N14O11S4-. The number of nitrogens with one attached hydrogen (secondary N) is 5. The zero-order valence-corrected chi connectivity index (χ0v) is 71.7. The molecule has 0 aliphatic carbocycles. The van der Waals surface area contributed by atoms with Crippen LogP contribution < -0.4 is 37.4 Å². The number of alkyl carbamates (subject to hydrolysis) is 2. The van der Waals surface area contributed by atoms with Crippen molar-refractivity contribution < 1.29 is 52.8 Å². The molecule has 4 aromatic heterocycles. The Hall–Kier alpha value is -7.32. The highest BCUT2D eigenvalue weighted by Gasteiger charge is 2.29. The second kappa shape index (κ2) is 51.4. The monoisotopic (exact) mass is 1820 g/mol. The summed E-state index contributed by atoms with van der Waals surface area (Å²) in [5, 5.41) is 32.3. The van der Waals surface area contributed by atoms with Crippen LogP contribution in [0.15, 0.2) is 156 Å². The number of benzene rings is 4. The topological polar surface area (TPSA) is 313 Å². The number of rotatable bonds is 37. The number of carboxylic acid groups (broad SMARTS) is 1. The van der Waals surface area contributed by atoms with Gasteiger partial charge in [-0.15, -0.1) is 45.3 Å². The standard InChI is InChI=1S/C40H53N7O5S2.C23H27N3O2S.C17H28N4O4S.I2/c1-29(2)38-43-34(27-53-38)25-46(3)39(49)45-36(16-17-47-18-20-51-21-19-47)37(48)42-32(22-30-10-6-4-7-11-30)14-15-33(23-31-12-8-5-9-13-31)44-40(50)52-26-35-24-41-28-54-35;24-20(13-18-7-3-1-4-8-18)11-12-21(14-19-9-5-2-6-10-19)26-23(27)28-16-22-15-25-17-29-22;1-12(2)15-18-13(11-26-15)10-20(3)17(24)19-14(16(22)23)4-5-21-6-8-25-9-7-21;1-2/h4-13,24,27-29,32-33,36H,14-23,25-26H2,1-3H3,(H,42,48)(H,44,50)(H,45,49);1-10,15,17,20-21H,11-14,16,24H2,(H,26,27);11-12,14H,4-10H2,1-3H3,(H,19,24)(H,22,23);/p-1/t32-,33-,36+;20-,21-;14-;/m110./s1. The van der Waals surface area contributed by atoms with Gasteiger partial charge in [-0.3, -0.25) is 24.6 Å². The minimum Gasteiger partial charge on any atom is -0.548 e. The molecule has 7 amide bonds. The van der Waals surface area contributed by atoms with Crippen molar-refractivity contribution in [1.82, 2.24) is 66.1 Å². The van der Waals surface area contributed by atoms with Crippen LogP contribution in [-0.4, -0.2) is 192 Å². The molecule has 4 aromatic carbocycles. The van der Waals surface area contributed by atoms with Crippen LogP contribution in [0.4, 0.5) is 19.2 Å². The van der Waals surface area contributed by atoms with E-state index in [-0.39, 0.29) is 49.3 Å². The van der Waals surface area contributed by atoms with Crippen molar-refractivity contribution in [2.75, 3.05) is 79.8 Å². The van der Waals surface area contributed by atoms with Crippen molar-refractivity contribution in [3.63, 3.8) is 0 Å². The molecule has 8 aromatic rings. The first kappa shape index (κ1) is 90.9. The van der Waals surface area contributed by atoms with Crippen molar-refractivity contribution in [1.29, 1.82) is 0 Å². The summed E-state index contributed by atoms with van der Waals surface area (Å²) in [7, 11) is 3.35. The van der Waals surface area contributed by atoms with Crippen LogP contribution in [-0.2, 0) is 80.5 Å². The Balaban J connectivity index is 0.000000252. The lowest BCUT2D eigenvalue weighted by molar-refractivity contribution is -0.308. The van der Waals surface area contributed by atoms with Crippen LogP contribution in [0.3, 0.4) is 0 Å². The van der Waals surface area contributed by atoms with E-state index in [4.69, 9.17) is 24.7 Å². The van der Waals surface area contributed by atoms with E-state index in [0.717, 1.165) is 94.1 Å². The van der Waals surface area contributed by atoms with Gasteiger partial charge in [-0.1, -0.05) is 149 Å². The van der Waals surface area contributed by atoms with Gasteiger partial charge >= 0.3 is 24.2 Å². The van der Waals surface area contributed by atoms with Crippen LogP contribution in [0.1, 0.15) is 131 Å². The first-order valence-corrected chi connectivity index (χ1v) is 47.3. The number of aromatic nitrogens is 4. The zero-order chi connectivity index (χ0) is 79.5. The number of morpholine rings is 2. The van der Waals surface area contributed by atoms with E-state index in [9.17, 15) is 33.9 Å².